The van der Waals surface area contributed by atoms with E-state index in [-0.39, 0.29) is 6.61 Å². The molecule has 0 radical (unpaired) electrons. The van der Waals surface area contributed by atoms with Crippen LogP contribution in [0.4, 0.5) is 0 Å². The van der Waals surface area contributed by atoms with Gasteiger partial charge in [0.15, 0.2) is 0 Å². The number of amides is 1. The van der Waals surface area contributed by atoms with Gasteiger partial charge in [-0.2, -0.15) is 5.26 Å². The van der Waals surface area contributed by atoms with E-state index in [1.807, 2.05) is 6.07 Å². The smallest absolute Gasteiger partial charge is 0.314 e. The zero-order valence-electron chi connectivity index (χ0n) is 12.3. The number of aliphatic hydroxyl groups is 1. The SMILES string of the molecule is CCOC(=O)C1C(c2ccncc2)C(C#N)C(=O)NC1(C)O. The van der Waals surface area contributed by atoms with Gasteiger partial charge in [0.2, 0.25) is 5.91 Å². The van der Waals surface area contributed by atoms with E-state index in [1.54, 1.807) is 19.1 Å². The second-order valence-corrected chi connectivity index (χ2v) is 5.28. The highest BCUT2D eigenvalue weighted by molar-refractivity contribution is 5.88. The molecule has 0 aromatic carbocycles. The average molecular weight is 303 g/mol. The van der Waals surface area contributed by atoms with Crippen LogP contribution in [0.1, 0.15) is 25.3 Å². The van der Waals surface area contributed by atoms with Crippen molar-refractivity contribution in [2.45, 2.75) is 25.5 Å². The van der Waals surface area contributed by atoms with Crippen molar-refractivity contribution < 1.29 is 19.4 Å². The predicted molar refractivity (Wildman–Crippen MR) is 75.0 cm³/mol. The summed E-state index contributed by atoms with van der Waals surface area (Å²) in [7, 11) is 0. The van der Waals surface area contributed by atoms with E-state index in [4.69, 9.17) is 4.74 Å². The van der Waals surface area contributed by atoms with E-state index in [0.29, 0.717) is 5.56 Å². The van der Waals surface area contributed by atoms with E-state index in [2.05, 4.69) is 10.3 Å². The van der Waals surface area contributed by atoms with E-state index < -0.39 is 35.4 Å². The Balaban J connectivity index is 2.54. The van der Waals surface area contributed by atoms with Crippen LogP contribution in [0.15, 0.2) is 24.5 Å². The summed E-state index contributed by atoms with van der Waals surface area (Å²) >= 11 is 0. The van der Waals surface area contributed by atoms with Gasteiger partial charge in [0, 0.05) is 18.3 Å². The topological polar surface area (TPSA) is 112 Å². The zero-order valence-corrected chi connectivity index (χ0v) is 12.3. The van der Waals surface area contributed by atoms with Crippen molar-refractivity contribution in [3.05, 3.63) is 30.1 Å². The number of carbonyl (C=O) groups is 2. The molecule has 1 amide bonds. The third kappa shape index (κ3) is 2.78. The van der Waals surface area contributed by atoms with E-state index in [0.717, 1.165) is 0 Å². The minimum atomic E-state index is -1.80. The highest BCUT2D eigenvalue weighted by atomic mass is 16.5. The molecule has 1 fully saturated rings. The van der Waals surface area contributed by atoms with Gasteiger partial charge in [-0.25, -0.2) is 0 Å². The standard InChI is InChI=1S/C15H17N3O4/c1-3-22-14(20)12-11(9-4-6-17-7-5-9)10(8-16)13(19)18-15(12,2)21/h4-7,10-12,21H,3H2,1-2H3,(H,18,19). The van der Waals surface area contributed by atoms with Crippen LogP contribution in [0.25, 0.3) is 0 Å². The molecule has 1 saturated heterocycles. The molecule has 0 saturated carbocycles. The maximum Gasteiger partial charge on any atom is 0.314 e. The summed E-state index contributed by atoms with van der Waals surface area (Å²) in [4.78, 5) is 28.3. The van der Waals surface area contributed by atoms with Crippen molar-refractivity contribution in [3.8, 4) is 6.07 Å². The molecule has 2 heterocycles. The van der Waals surface area contributed by atoms with Crippen LogP contribution in [0, 0.1) is 23.2 Å². The molecule has 1 aromatic rings. The first-order chi connectivity index (χ1) is 10.4. The summed E-state index contributed by atoms with van der Waals surface area (Å²) in [5.41, 5.74) is -1.22. The first-order valence-electron chi connectivity index (χ1n) is 6.93. The monoisotopic (exact) mass is 303 g/mol. The Morgan fingerprint density at radius 1 is 1.55 bits per heavy atom. The molecule has 1 aliphatic heterocycles. The first-order valence-corrected chi connectivity index (χ1v) is 6.93. The van der Waals surface area contributed by atoms with E-state index >= 15 is 0 Å². The summed E-state index contributed by atoms with van der Waals surface area (Å²) in [6.07, 6.45) is 3.01. The average Bonchev–Trinajstić information content (AvgIpc) is 2.46. The minimum absolute atomic E-state index is 0.139. The lowest BCUT2D eigenvalue weighted by molar-refractivity contribution is -0.170. The predicted octanol–water partition coefficient (Wildman–Crippen LogP) is 0.323. The molecular weight excluding hydrogens is 286 g/mol. The quantitative estimate of drug-likeness (QED) is 0.778. The summed E-state index contributed by atoms with van der Waals surface area (Å²) in [6, 6.07) is 5.16. The molecule has 4 unspecified atom stereocenters. The first kappa shape index (κ1) is 15.9. The molecular formula is C15H17N3O4. The number of pyridine rings is 1. The number of ether oxygens (including phenoxy) is 1. The molecule has 4 atom stereocenters. The normalized spacial score (nSPS) is 31.0. The lowest BCUT2D eigenvalue weighted by Gasteiger charge is -2.43. The minimum Gasteiger partial charge on any atom is -0.466 e. The number of aromatic nitrogens is 1. The lowest BCUT2D eigenvalue weighted by atomic mass is 9.70. The van der Waals surface area contributed by atoms with Crippen LogP contribution in [0.2, 0.25) is 0 Å². The summed E-state index contributed by atoms with van der Waals surface area (Å²) in [6.45, 7) is 3.12. The molecule has 1 aromatic heterocycles. The Morgan fingerprint density at radius 2 is 2.18 bits per heavy atom. The number of rotatable bonds is 3. The lowest BCUT2D eigenvalue weighted by Crippen LogP contribution is -2.63. The fourth-order valence-electron chi connectivity index (χ4n) is 2.83. The Labute approximate surface area is 127 Å². The molecule has 7 nitrogen and oxygen atoms in total. The van der Waals surface area contributed by atoms with Crippen LogP contribution in [-0.2, 0) is 14.3 Å². The second-order valence-electron chi connectivity index (χ2n) is 5.28. The Bertz CT molecular complexity index is 609. The van der Waals surface area contributed by atoms with Gasteiger partial charge in [-0.1, -0.05) is 0 Å². The molecule has 2 N–H and O–H groups in total. The number of nitrogens with zero attached hydrogens (tertiary/aromatic N) is 2. The van der Waals surface area contributed by atoms with Gasteiger partial charge in [-0.05, 0) is 31.5 Å². The number of nitriles is 1. The maximum absolute atomic E-state index is 12.3. The summed E-state index contributed by atoms with van der Waals surface area (Å²) in [5.74, 6) is -4.27. The van der Waals surface area contributed by atoms with Gasteiger partial charge in [0.1, 0.15) is 17.6 Å². The summed E-state index contributed by atoms with van der Waals surface area (Å²) < 4.78 is 5.02. The third-order valence-electron chi connectivity index (χ3n) is 3.75. The molecule has 7 heteroatoms. The second kappa shape index (κ2) is 6.12. The van der Waals surface area contributed by atoms with Gasteiger partial charge in [-0.3, -0.25) is 14.6 Å². The fourth-order valence-corrected chi connectivity index (χ4v) is 2.83. The Morgan fingerprint density at radius 3 is 2.73 bits per heavy atom. The zero-order chi connectivity index (χ0) is 16.3. The number of hydrogen-bond acceptors (Lipinski definition) is 6. The highest BCUT2D eigenvalue weighted by Gasteiger charge is 2.54. The van der Waals surface area contributed by atoms with Crippen molar-refractivity contribution in [2.24, 2.45) is 11.8 Å². The third-order valence-corrected chi connectivity index (χ3v) is 3.75. The van der Waals surface area contributed by atoms with Crippen LogP contribution >= 0.6 is 0 Å². The van der Waals surface area contributed by atoms with E-state index in [9.17, 15) is 20.0 Å². The molecule has 1 aliphatic rings. The molecule has 0 aliphatic carbocycles. The van der Waals surface area contributed by atoms with Crippen LogP contribution < -0.4 is 5.32 Å². The van der Waals surface area contributed by atoms with Gasteiger partial charge in [0.25, 0.3) is 0 Å². The molecule has 116 valence electrons. The number of piperidine rings is 1. The Kier molecular flexibility index (Phi) is 4.43. The maximum atomic E-state index is 12.3. The van der Waals surface area contributed by atoms with Crippen LogP contribution in [-0.4, -0.2) is 34.3 Å². The molecule has 0 spiro atoms. The van der Waals surface area contributed by atoms with Crippen molar-refractivity contribution in [3.63, 3.8) is 0 Å². The highest BCUT2D eigenvalue weighted by Crippen LogP contribution is 2.41. The Hall–Kier alpha value is -2.46. The van der Waals surface area contributed by atoms with Crippen molar-refractivity contribution in [2.75, 3.05) is 6.61 Å². The van der Waals surface area contributed by atoms with Gasteiger partial charge in [-0.15, -0.1) is 0 Å². The van der Waals surface area contributed by atoms with Crippen molar-refractivity contribution in [1.82, 2.24) is 10.3 Å². The van der Waals surface area contributed by atoms with Crippen molar-refractivity contribution in [1.29, 1.82) is 5.26 Å². The van der Waals surface area contributed by atoms with Gasteiger partial charge >= 0.3 is 5.97 Å². The largest absolute Gasteiger partial charge is 0.466 e. The number of esters is 1. The number of carbonyl (C=O) groups excluding carboxylic acids is 2. The number of hydrogen-bond donors (Lipinski definition) is 2. The number of nitrogens with one attached hydrogen (secondary N) is 1. The molecule has 22 heavy (non-hydrogen) atoms. The van der Waals surface area contributed by atoms with Gasteiger partial charge in [0.05, 0.1) is 12.7 Å². The molecule has 2 rings (SSSR count). The molecule has 0 bridgehead atoms. The van der Waals surface area contributed by atoms with Crippen LogP contribution in [0.3, 0.4) is 0 Å². The summed E-state index contributed by atoms with van der Waals surface area (Å²) in [5, 5.41) is 22.1. The van der Waals surface area contributed by atoms with Crippen molar-refractivity contribution >= 4 is 11.9 Å². The van der Waals surface area contributed by atoms with Crippen LogP contribution in [0.5, 0.6) is 0 Å². The van der Waals surface area contributed by atoms with Gasteiger partial charge < -0.3 is 15.2 Å². The fraction of sp³-hybridized carbons (Fsp3) is 0.467. The van der Waals surface area contributed by atoms with E-state index in [1.165, 1.54) is 19.3 Å².